The van der Waals surface area contributed by atoms with Crippen molar-refractivity contribution in [3.05, 3.63) is 11.6 Å². The van der Waals surface area contributed by atoms with E-state index in [1.807, 2.05) is 6.26 Å². The van der Waals surface area contributed by atoms with Gasteiger partial charge in [-0.25, -0.2) is 0 Å². The first-order chi connectivity index (χ1) is 14.7. The second-order valence-electron chi connectivity index (χ2n) is 11.2. The minimum absolute atomic E-state index is 0.0221. The van der Waals surface area contributed by atoms with Crippen LogP contribution in [0, 0.1) is 34.5 Å². The number of fused-ring (bicyclic) bond motifs is 5. The maximum absolute atomic E-state index is 12.4. The summed E-state index contributed by atoms with van der Waals surface area (Å²) in [4.78, 5) is 24.8. The molecule has 3 unspecified atom stereocenters. The number of Topliss-reactive ketones (excluding diaryl/α,β-unsaturated/α-hetero) is 1. The topological polar surface area (TPSA) is 69.4 Å². The van der Waals surface area contributed by atoms with E-state index in [0.29, 0.717) is 30.0 Å². The first kappa shape index (κ1) is 23.4. The molecule has 3 fully saturated rings. The van der Waals surface area contributed by atoms with Crippen molar-refractivity contribution in [2.45, 2.75) is 90.7 Å². The van der Waals surface area contributed by atoms with Crippen molar-refractivity contribution in [2.75, 3.05) is 12.0 Å². The van der Waals surface area contributed by atoms with E-state index in [1.165, 1.54) is 24.8 Å². The van der Waals surface area contributed by atoms with Gasteiger partial charge in [-0.3, -0.25) is 9.59 Å². The first-order valence-corrected chi connectivity index (χ1v) is 13.7. The number of ketones is 1. The highest BCUT2D eigenvalue weighted by Crippen LogP contribution is 2.66. The number of rotatable bonds is 6. The Hall–Kier alpha value is -0.810. The number of carbonyl (C=O) groups is 2. The number of esters is 1. The SMILES string of the molecule is CSCC[C@@H](N)C(=O)O[C@H]1CC[C@@]2(C)C(=CCC3C2CC[C@@]2(C)C3CC[C@@H]2C(C)=O)C1. The molecule has 31 heavy (non-hydrogen) atoms. The van der Waals surface area contributed by atoms with Crippen molar-refractivity contribution in [3.8, 4) is 0 Å². The Labute approximate surface area is 192 Å². The molecule has 8 atom stereocenters. The van der Waals surface area contributed by atoms with Crippen LogP contribution in [-0.2, 0) is 14.3 Å². The Kier molecular flexibility index (Phi) is 6.67. The van der Waals surface area contributed by atoms with Gasteiger partial charge < -0.3 is 10.5 Å². The summed E-state index contributed by atoms with van der Waals surface area (Å²) in [5.41, 5.74) is 7.97. The van der Waals surface area contributed by atoms with E-state index < -0.39 is 6.04 Å². The van der Waals surface area contributed by atoms with Crippen LogP contribution in [0.25, 0.3) is 0 Å². The van der Waals surface area contributed by atoms with E-state index in [0.717, 1.165) is 37.9 Å². The largest absolute Gasteiger partial charge is 0.461 e. The van der Waals surface area contributed by atoms with Crippen molar-refractivity contribution in [2.24, 2.45) is 40.2 Å². The molecule has 0 heterocycles. The molecule has 4 nitrogen and oxygen atoms in total. The Balaban J connectivity index is 1.45. The summed E-state index contributed by atoms with van der Waals surface area (Å²) in [5.74, 6) is 3.42. The van der Waals surface area contributed by atoms with Crippen molar-refractivity contribution in [3.63, 3.8) is 0 Å². The highest BCUT2D eigenvalue weighted by molar-refractivity contribution is 7.98. The Morgan fingerprint density at radius 3 is 2.68 bits per heavy atom. The van der Waals surface area contributed by atoms with Crippen LogP contribution in [0.2, 0.25) is 0 Å². The number of hydrogen-bond donors (Lipinski definition) is 1. The molecule has 3 saturated carbocycles. The summed E-state index contributed by atoms with van der Waals surface area (Å²) >= 11 is 1.71. The second-order valence-corrected chi connectivity index (χ2v) is 12.2. The molecule has 4 aliphatic carbocycles. The Morgan fingerprint density at radius 1 is 1.19 bits per heavy atom. The highest BCUT2D eigenvalue weighted by atomic mass is 32.2. The number of allylic oxidation sites excluding steroid dienone is 1. The van der Waals surface area contributed by atoms with Gasteiger partial charge in [0.15, 0.2) is 0 Å². The predicted octanol–water partition coefficient (Wildman–Crippen LogP) is 5.15. The molecule has 0 saturated heterocycles. The van der Waals surface area contributed by atoms with Crippen LogP contribution in [0.1, 0.15) is 78.6 Å². The van der Waals surface area contributed by atoms with Gasteiger partial charge in [0.2, 0.25) is 0 Å². The van der Waals surface area contributed by atoms with Crippen LogP contribution in [0.4, 0.5) is 0 Å². The van der Waals surface area contributed by atoms with E-state index in [9.17, 15) is 9.59 Å². The van der Waals surface area contributed by atoms with Gasteiger partial charge >= 0.3 is 5.97 Å². The molecule has 174 valence electrons. The monoisotopic (exact) mass is 447 g/mol. The molecule has 0 aromatic heterocycles. The second kappa shape index (κ2) is 8.85. The number of hydrogen-bond acceptors (Lipinski definition) is 5. The zero-order valence-corrected chi connectivity index (χ0v) is 20.6. The molecule has 0 aromatic carbocycles. The van der Waals surface area contributed by atoms with Crippen LogP contribution in [0.5, 0.6) is 0 Å². The molecule has 0 aliphatic heterocycles. The molecule has 5 heteroatoms. The first-order valence-electron chi connectivity index (χ1n) is 12.4. The van der Waals surface area contributed by atoms with Crippen LogP contribution in [0.3, 0.4) is 0 Å². The number of thioether (sulfide) groups is 1. The van der Waals surface area contributed by atoms with E-state index in [-0.39, 0.29) is 28.8 Å². The van der Waals surface area contributed by atoms with Gasteiger partial charge in [-0.15, -0.1) is 0 Å². The maximum atomic E-state index is 12.4. The number of nitrogens with two attached hydrogens (primary N) is 1. The third kappa shape index (κ3) is 4.03. The molecular weight excluding hydrogens is 406 g/mol. The molecule has 0 radical (unpaired) electrons. The van der Waals surface area contributed by atoms with Crippen molar-refractivity contribution in [1.82, 2.24) is 0 Å². The normalized spacial score (nSPS) is 42.6. The van der Waals surface area contributed by atoms with Gasteiger partial charge in [0.25, 0.3) is 0 Å². The van der Waals surface area contributed by atoms with Crippen molar-refractivity contribution < 1.29 is 14.3 Å². The van der Waals surface area contributed by atoms with Gasteiger partial charge in [0, 0.05) is 12.3 Å². The van der Waals surface area contributed by atoms with Gasteiger partial charge in [-0.2, -0.15) is 11.8 Å². The van der Waals surface area contributed by atoms with Gasteiger partial charge in [-0.1, -0.05) is 25.5 Å². The van der Waals surface area contributed by atoms with E-state index in [2.05, 4.69) is 19.9 Å². The summed E-state index contributed by atoms with van der Waals surface area (Å²) in [6.07, 6.45) is 13.9. The van der Waals surface area contributed by atoms with Crippen LogP contribution in [-0.4, -0.2) is 35.9 Å². The van der Waals surface area contributed by atoms with E-state index in [4.69, 9.17) is 10.5 Å². The van der Waals surface area contributed by atoms with Crippen molar-refractivity contribution in [1.29, 1.82) is 0 Å². The Morgan fingerprint density at radius 2 is 1.97 bits per heavy atom. The lowest BCUT2D eigenvalue weighted by Gasteiger charge is -2.58. The average molecular weight is 448 g/mol. The minimum atomic E-state index is -0.502. The lowest BCUT2D eigenvalue weighted by atomic mass is 9.47. The maximum Gasteiger partial charge on any atom is 0.323 e. The zero-order chi connectivity index (χ0) is 22.4. The molecule has 4 aliphatic rings. The fraction of sp³-hybridized carbons (Fsp3) is 0.846. The molecule has 0 aromatic rings. The third-order valence-electron chi connectivity index (χ3n) is 9.77. The summed E-state index contributed by atoms with van der Waals surface area (Å²) in [7, 11) is 0. The fourth-order valence-corrected chi connectivity index (χ4v) is 8.50. The smallest absolute Gasteiger partial charge is 0.323 e. The Bertz CT molecular complexity index is 751. The predicted molar refractivity (Wildman–Crippen MR) is 127 cm³/mol. The molecule has 0 spiro atoms. The van der Waals surface area contributed by atoms with Gasteiger partial charge in [0.05, 0.1) is 0 Å². The average Bonchev–Trinajstić information content (AvgIpc) is 3.09. The van der Waals surface area contributed by atoms with Crippen LogP contribution >= 0.6 is 11.8 Å². The standard InChI is InChI=1S/C26H41NO3S/c1-16(28)20-7-8-21-19-6-5-17-15-18(30-24(29)23(27)11-14-31-4)9-12-25(17,2)22(19)10-13-26(20,21)3/h5,18-23H,6-15,27H2,1-4H3/t18-,19?,20+,21?,22?,23+,25-,26+/m0/s1. The van der Waals surface area contributed by atoms with Gasteiger partial charge in [-0.05, 0) is 98.9 Å². The van der Waals surface area contributed by atoms with Crippen LogP contribution in [0.15, 0.2) is 11.6 Å². The lowest BCUT2D eigenvalue weighted by Crippen LogP contribution is -2.51. The minimum Gasteiger partial charge on any atom is -0.461 e. The quantitative estimate of drug-likeness (QED) is 0.451. The third-order valence-corrected chi connectivity index (χ3v) is 10.4. The highest BCUT2D eigenvalue weighted by Gasteiger charge is 2.59. The molecule has 0 bridgehead atoms. The van der Waals surface area contributed by atoms with Crippen molar-refractivity contribution >= 4 is 23.5 Å². The molecule has 4 rings (SSSR count). The summed E-state index contributed by atoms with van der Waals surface area (Å²) in [6, 6.07) is -0.502. The fourth-order valence-electron chi connectivity index (χ4n) is 8.01. The summed E-state index contributed by atoms with van der Waals surface area (Å²) in [6.45, 7) is 6.68. The van der Waals surface area contributed by atoms with Gasteiger partial charge in [0.1, 0.15) is 17.9 Å². The number of carbonyl (C=O) groups excluding carboxylic acids is 2. The molecule has 2 N–H and O–H groups in total. The van der Waals surface area contributed by atoms with E-state index >= 15 is 0 Å². The number of ether oxygens (including phenoxy) is 1. The lowest BCUT2D eigenvalue weighted by molar-refractivity contribution is -0.153. The summed E-state index contributed by atoms with van der Waals surface area (Å²) < 4.78 is 5.85. The molecule has 0 amide bonds. The molecular formula is C26H41NO3S. The summed E-state index contributed by atoms with van der Waals surface area (Å²) in [5, 5.41) is 0. The van der Waals surface area contributed by atoms with E-state index in [1.54, 1.807) is 18.7 Å². The van der Waals surface area contributed by atoms with Crippen LogP contribution < -0.4 is 5.73 Å². The zero-order valence-electron chi connectivity index (χ0n) is 19.8.